The van der Waals surface area contributed by atoms with Gasteiger partial charge in [0.25, 0.3) is 0 Å². The summed E-state index contributed by atoms with van der Waals surface area (Å²) in [6, 6.07) is 0. The van der Waals surface area contributed by atoms with Crippen molar-refractivity contribution in [3.8, 4) is 0 Å². The van der Waals surface area contributed by atoms with Crippen molar-refractivity contribution in [1.82, 2.24) is 14.4 Å². The summed E-state index contributed by atoms with van der Waals surface area (Å²) in [4.78, 5) is 8.35. The number of imidazole rings is 1. The molecule has 0 amide bonds. The summed E-state index contributed by atoms with van der Waals surface area (Å²) >= 11 is 0. The van der Waals surface area contributed by atoms with Crippen LogP contribution >= 0.6 is 0 Å². The minimum atomic E-state index is -2.96. The average Bonchev–Trinajstić information content (AvgIpc) is 2.92. The van der Waals surface area contributed by atoms with Gasteiger partial charge in [0.1, 0.15) is 5.82 Å². The summed E-state index contributed by atoms with van der Waals surface area (Å²) in [6.45, 7) is 0.349. The summed E-state index contributed by atoms with van der Waals surface area (Å²) in [5.74, 6) is 1.16. The van der Waals surface area contributed by atoms with E-state index in [2.05, 4.69) is 15.3 Å². The fourth-order valence-corrected chi connectivity index (χ4v) is 4.13. The number of anilines is 2. The van der Waals surface area contributed by atoms with Crippen molar-refractivity contribution >= 4 is 27.1 Å². The Morgan fingerprint density at radius 1 is 1.53 bits per heavy atom. The van der Waals surface area contributed by atoms with E-state index in [9.17, 15) is 8.42 Å². The van der Waals surface area contributed by atoms with Gasteiger partial charge in [0, 0.05) is 18.9 Å². The largest absolute Gasteiger partial charge is 0.382 e. The first kappa shape index (κ1) is 12.2. The SMILES string of the molecule is Nc1cn2ccnc2c(NCC2CCCS2(=O)=O)n1. The van der Waals surface area contributed by atoms with Gasteiger partial charge in [-0.15, -0.1) is 0 Å². The van der Waals surface area contributed by atoms with E-state index in [0.29, 0.717) is 30.2 Å². The molecule has 1 aliphatic heterocycles. The van der Waals surface area contributed by atoms with E-state index >= 15 is 0 Å². The Morgan fingerprint density at radius 3 is 3.11 bits per heavy atom. The lowest BCUT2D eigenvalue weighted by Gasteiger charge is -2.12. The Bertz CT molecular complexity index is 709. The molecule has 2 aromatic rings. The van der Waals surface area contributed by atoms with Crippen molar-refractivity contribution in [3.63, 3.8) is 0 Å². The monoisotopic (exact) mass is 281 g/mol. The zero-order valence-electron chi connectivity index (χ0n) is 10.3. The number of fused-ring (bicyclic) bond motifs is 1. The number of nitrogen functional groups attached to an aromatic ring is 1. The van der Waals surface area contributed by atoms with E-state index in [1.165, 1.54) is 0 Å². The van der Waals surface area contributed by atoms with E-state index in [1.54, 1.807) is 23.0 Å². The van der Waals surface area contributed by atoms with Crippen molar-refractivity contribution in [3.05, 3.63) is 18.6 Å². The van der Waals surface area contributed by atoms with Gasteiger partial charge in [-0.05, 0) is 12.8 Å². The number of nitrogens with zero attached hydrogens (tertiary/aromatic N) is 3. The van der Waals surface area contributed by atoms with Gasteiger partial charge in [0.05, 0.1) is 17.2 Å². The van der Waals surface area contributed by atoms with Crippen molar-refractivity contribution in [2.45, 2.75) is 18.1 Å². The van der Waals surface area contributed by atoms with E-state index in [1.807, 2.05) is 0 Å². The molecule has 3 rings (SSSR count). The normalized spacial score (nSPS) is 21.8. The number of nitrogens with two attached hydrogens (primary N) is 1. The molecular formula is C11H15N5O2S. The summed E-state index contributed by atoms with van der Waals surface area (Å²) in [5, 5.41) is 2.72. The second kappa shape index (κ2) is 4.37. The molecule has 3 N–H and O–H groups in total. The van der Waals surface area contributed by atoms with Crippen LogP contribution in [0.3, 0.4) is 0 Å². The molecule has 7 nitrogen and oxygen atoms in total. The molecule has 0 aromatic carbocycles. The highest BCUT2D eigenvalue weighted by molar-refractivity contribution is 7.92. The number of aromatic nitrogens is 3. The lowest BCUT2D eigenvalue weighted by atomic mass is 10.2. The summed E-state index contributed by atoms with van der Waals surface area (Å²) in [7, 11) is -2.96. The first-order valence-corrected chi connectivity index (χ1v) is 7.82. The van der Waals surface area contributed by atoms with Crippen LogP contribution in [0.15, 0.2) is 18.6 Å². The van der Waals surface area contributed by atoms with Crippen LogP contribution in [0.4, 0.5) is 11.6 Å². The Balaban J connectivity index is 1.84. The third-order valence-corrected chi connectivity index (χ3v) is 5.63. The van der Waals surface area contributed by atoms with Crippen LogP contribution in [0.25, 0.3) is 5.65 Å². The first-order chi connectivity index (χ1) is 9.06. The van der Waals surface area contributed by atoms with Gasteiger partial charge in [-0.25, -0.2) is 18.4 Å². The molecule has 0 aliphatic carbocycles. The van der Waals surface area contributed by atoms with Gasteiger partial charge in [-0.2, -0.15) is 0 Å². The zero-order chi connectivity index (χ0) is 13.5. The number of sulfone groups is 1. The standard InChI is InChI=1S/C11H15N5O2S/c12-9-7-16-4-3-13-11(16)10(15-9)14-6-8-2-1-5-19(8,17)18/h3-4,7-8H,1-2,5-6,12H2,(H,14,15). The molecule has 0 radical (unpaired) electrons. The van der Waals surface area contributed by atoms with Crippen LogP contribution in [0.1, 0.15) is 12.8 Å². The Morgan fingerprint density at radius 2 is 2.37 bits per heavy atom. The average molecular weight is 281 g/mol. The van der Waals surface area contributed by atoms with Crippen LogP contribution in [0.2, 0.25) is 0 Å². The summed E-state index contributed by atoms with van der Waals surface area (Å²) in [5.41, 5.74) is 6.35. The predicted octanol–water partition coefficient (Wildman–Crippen LogP) is 0.301. The molecule has 0 saturated carbocycles. The highest BCUT2D eigenvalue weighted by Crippen LogP contribution is 2.21. The van der Waals surface area contributed by atoms with Crippen LogP contribution in [0.5, 0.6) is 0 Å². The molecule has 19 heavy (non-hydrogen) atoms. The second-order valence-electron chi connectivity index (χ2n) is 4.68. The molecule has 8 heteroatoms. The topological polar surface area (TPSA) is 102 Å². The molecule has 3 heterocycles. The maximum Gasteiger partial charge on any atom is 0.180 e. The van der Waals surface area contributed by atoms with Gasteiger partial charge >= 0.3 is 0 Å². The molecule has 1 aliphatic rings. The first-order valence-electron chi connectivity index (χ1n) is 6.11. The van der Waals surface area contributed by atoms with Crippen molar-refractivity contribution in [1.29, 1.82) is 0 Å². The van der Waals surface area contributed by atoms with Crippen LogP contribution in [0, 0.1) is 0 Å². The molecule has 1 fully saturated rings. The van der Waals surface area contributed by atoms with E-state index < -0.39 is 9.84 Å². The Hall–Kier alpha value is -1.83. The molecule has 1 atom stereocenters. The van der Waals surface area contributed by atoms with E-state index in [4.69, 9.17) is 5.73 Å². The molecule has 0 bridgehead atoms. The molecule has 2 aromatic heterocycles. The molecule has 1 unspecified atom stereocenters. The number of hydrogen-bond donors (Lipinski definition) is 2. The predicted molar refractivity (Wildman–Crippen MR) is 72.7 cm³/mol. The molecule has 1 saturated heterocycles. The quantitative estimate of drug-likeness (QED) is 0.839. The number of hydrogen-bond acceptors (Lipinski definition) is 6. The van der Waals surface area contributed by atoms with Gasteiger partial charge < -0.3 is 15.5 Å². The van der Waals surface area contributed by atoms with Crippen LogP contribution in [-0.2, 0) is 9.84 Å². The van der Waals surface area contributed by atoms with Crippen molar-refractivity contribution < 1.29 is 8.42 Å². The number of rotatable bonds is 3. The Labute approximate surface area is 110 Å². The Kier molecular flexibility index (Phi) is 2.81. The lowest BCUT2D eigenvalue weighted by molar-refractivity contribution is 0.591. The summed E-state index contributed by atoms with van der Waals surface area (Å²) in [6.07, 6.45) is 6.51. The van der Waals surface area contributed by atoms with Gasteiger partial charge in [0.2, 0.25) is 0 Å². The summed E-state index contributed by atoms with van der Waals surface area (Å²) < 4.78 is 25.3. The maximum absolute atomic E-state index is 11.8. The van der Waals surface area contributed by atoms with Gasteiger partial charge in [0.15, 0.2) is 21.3 Å². The second-order valence-corrected chi connectivity index (χ2v) is 7.09. The fourth-order valence-electron chi connectivity index (χ4n) is 2.37. The van der Waals surface area contributed by atoms with Crippen molar-refractivity contribution in [2.75, 3.05) is 23.3 Å². The van der Waals surface area contributed by atoms with Crippen LogP contribution in [-0.4, -0.2) is 40.3 Å². The van der Waals surface area contributed by atoms with Crippen LogP contribution < -0.4 is 11.1 Å². The smallest absolute Gasteiger partial charge is 0.180 e. The third kappa shape index (κ3) is 2.23. The van der Waals surface area contributed by atoms with E-state index in [-0.39, 0.29) is 11.0 Å². The lowest BCUT2D eigenvalue weighted by Crippen LogP contribution is -2.25. The minimum Gasteiger partial charge on any atom is -0.382 e. The highest BCUT2D eigenvalue weighted by atomic mass is 32.2. The maximum atomic E-state index is 11.8. The fraction of sp³-hybridized carbons (Fsp3) is 0.455. The van der Waals surface area contributed by atoms with Gasteiger partial charge in [-0.1, -0.05) is 0 Å². The molecule has 102 valence electrons. The highest BCUT2D eigenvalue weighted by Gasteiger charge is 2.31. The van der Waals surface area contributed by atoms with E-state index in [0.717, 1.165) is 6.42 Å². The van der Waals surface area contributed by atoms with Crippen molar-refractivity contribution in [2.24, 2.45) is 0 Å². The molecule has 0 spiro atoms. The third-order valence-electron chi connectivity index (χ3n) is 3.35. The molecular weight excluding hydrogens is 266 g/mol. The minimum absolute atomic E-state index is 0.280. The zero-order valence-corrected chi connectivity index (χ0v) is 11.1. The van der Waals surface area contributed by atoms with Gasteiger partial charge in [-0.3, -0.25) is 0 Å². The number of nitrogens with one attached hydrogen (secondary N) is 1.